The van der Waals surface area contributed by atoms with Crippen LogP contribution in [-0.4, -0.2) is 112 Å². The van der Waals surface area contributed by atoms with Crippen LogP contribution in [-0.2, 0) is 9.47 Å². The Morgan fingerprint density at radius 2 is 0.493 bits per heavy atom. The predicted octanol–water partition coefficient (Wildman–Crippen LogP) is 6.50. The lowest BCUT2D eigenvalue weighted by Crippen LogP contribution is -2.26. The lowest BCUT2D eigenvalue weighted by atomic mass is 9.93. The third-order valence-electron chi connectivity index (χ3n) is 10.1. The summed E-state index contributed by atoms with van der Waals surface area (Å²) in [5.74, 6) is -25.4. The van der Waals surface area contributed by atoms with Gasteiger partial charge in [0.05, 0.1) is 83.8 Å². The summed E-state index contributed by atoms with van der Waals surface area (Å²) in [6, 6.07) is 20.5. The third kappa shape index (κ3) is 10.6. The van der Waals surface area contributed by atoms with Crippen LogP contribution in [0.1, 0.15) is 124 Å². The molecule has 0 atom stereocenters. The van der Waals surface area contributed by atoms with Crippen LogP contribution in [0.2, 0.25) is 0 Å². The Morgan fingerprint density at radius 3 is 0.740 bits per heavy atom. The van der Waals surface area contributed by atoms with Gasteiger partial charge in [0.15, 0.2) is 0 Å². The number of hydrogen-bond acceptors (Lipinski definition) is 17. The van der Waals surface area contributed by atoms with Crippen LogP contribution < -0.4 is 16.0 Å². The summed E-state index contributed by atoms with van der Waals surface area (Å²) < 4.78 is 10.0. The molecule has 0 unspecified atom stereocenters. The van der Waals surface area contributed by atoms with Gasteiger partial charge in [-0.25, -0.2) is 57.5 Å². The van der Waals surface area contributed by atoms with Gasteiger partial charge in [0.25, 0.3) is 0 Å². The Balaban J connectivity index is 1.63. The number of ether oxygens (including phenoxy) is 2. The van der Waals surface area contributed by atoms with E-state index in [0.717, 1.165) is 0 Å². The Bertz CT molecular complexity index is 3410. The first-order chi connectivity index (χ1) is 34.5. The standard InChI is InChI=1S/C48H29N3O22/c52-37(53)22-16-25(40(58)59)31(34(28(22)42(62)63)49-19-10-4-1-5-11-19)46(69)72-45(68)27-18-24(39(56)57)30(44(66)67)36(51-21-14-8-3-9-15-21)33(27)48(71)73-47(70)32-26(41(60)61)17-23(38(54)55)29(43(64)65)35(32)50-20-12-6-2-7-13-20/h1-18,49-51H,(H,52,53)(H,54,55)(H,56,57)(H,58,59)(H,60,61)(H,62,63)(H,64,65)(H,66,67). The molecule has 0 aliphatic rings. The van der Waals surface area contributed by atoms with E-state index in [2.05, 4.69) is 16.0 Å². The molecular weight excluding hydrogens is 971 g/mol. The van der Waals surface area contributed by atoms with E-state index in [-0.39, 0.29) is 35.3 Å². The molecule has 6 rings (SSSR count). The van der Waals surface area contributed by atoms with E-state index in [1.807, 2.05) is 0 Å². The minimum Gasteiger partial charge on any atom is -0.478 e. The van der Waals surface area contributed by atoms with Crippen molar-refractivity contribution in [1.29, 1.82) is 0 Å². The molecule has 0 aliphatic heterocycles. The molecule has 73 heavy (non-hydrogen) atoms. The van der Waals surface area contributed by atoms with Gasteiger partial charge in [-0.2, -0.15) is 0 Å². The second-order valence-electron chi connectivity index (χ2n) is 14.6. The molecule has 6 aromatic carbocycles. The van der Waals surface area contributed by atoms with Crippen LogP contribution in [0.4, 0.5) is 34.1 Å². The van der Waals surface area contributed by atoms with E-state index in [0.29, 0.717) is 0 Å². The number of para-hydroxylation sites is 3. The molecule has 0 saturated heterocycles. The monoisotopic (exact) mass is 999 g/mol. The van der Waals surface area contributed by atoms with E-state index in [1.165, 1.54) is 91.0 Å². The summed E-state index contributed by atoms with van der Waals surface area (Å²) >= 11 is 0. The number of nitrogens with one attached hydrogen (secondary N) is 3. The van der Waals surface area contributed by atoms with Crippen molar-refractivity contribution in [2.24, 2.45) is 0 Å². The highest BCUT2D eigenvalue weighted by molar-refractivity contribution is 6.23. The van der Waals surface area contributed by atoms with Crippen molar-refractivity contribution < 1.29 is 108 Å². The van der Waals surface area contributed by atoms with E-state index in [9.17, 15) is 98.4 Å². The largest absolute Gasteiger partial charge is 0.478 e. The van der Waals surface area contributed by atoms with Crippen LogP contribution in [0.25, 0.3) is 0 Å². The van der Waals surface area contributed by atoms with Gasteiger partial charge in [0.1, 0.15) is 0 Å². The predicted molar refractivity (Wildman–Crippen MR) is 244 cm³/mol. The first kappa shape index (κ1) is 51.2. The molecular formula is C48H29N3O22. The molecule has 0 saturated carbocycles. The maximum Gasteiger partial charge on any atom is 0.349 e. The van der Waals surface area contributed by atoms with Gasteiger partial charge in [-0.15, -0.1) is 0 Å². The summed E-state index contributed by atoms with van der Waals surface area (Å²) in [6.07, 6.45) is 0. The fraction of sp³-hybridized carbons (Fsp3) is 0. The quantitative estimate of drug-likeness (QED) is 0.0323. The van der Waals surface area contributed by atoms with Crippen molar-refractivity contribution in [3.05, 3.63) is 176 Å². The molecule has 6 aromatic rings. The van der Waals surface area contributed by atoms with Gasteiger partial charge in [0.2, 0.25) is 0 Å². The van der Waals surface area contributed by atoms with Gasteiger partial charge < -0.3 is 66.3 Å². The molecule has 0 spiro atoms. The third-order valence-corrected chi connectivity index (χ3v) is 10.1. The van der Waals surface area contributed by atoms with Crippen molar-refractivity contribution in [3.63, 3.8) is 0 Å². The van der Waals surface area contributed by atoms with E-state index in [1.54, 1.807) is 0 Å². The Hall–Kier alpha value is -11.2. The fourth-order valence-electron chi connectivity index (χ4n) is 7.10. The van der Waals surface area contributed by atoms with Crippen molar-refractivity contribution in [2.75, 3.05) is 16.0 Å². The molecule has 368 valence electrons. The van der Waals surface area contributed by atoms with Crippen molar-refractivity contribution in [3.8, 4) is 0 Å². The number of benzene rings is 6. The zero-order valence-corrected chi connectivity index (χ0v) is 36.2. The van der Waals surface area contributed by atoms with Gasteiger partial charge in [-0.05, 0) is 54.6 Å². The van der Waals surface area contributed by atoms with Gasteiger partial charge in [-0.3, -0.25) is 0 Å². The maximum absolute atomic E-state index is 14.6. The molecule has 0 aromatic heterocycles. The Morgan fingerprint density at radius 1 is 0.274 bits per heavy atom. The SMILES string of the molecule is O=C(O)c1cc(C(=O)O)c(C(=O)OC(=O)c2cc(C(=O)O)c(C(=O)O)c(Nc3ccccc3)c2C(=O)OC(=O)c2c(C(=O)O)cc(C(=O)O)c(C(=O)O)c2Nc2ccccc2)c(Nc2ccccc2)c1C(=O)O. The minimum absolute atomic E-state index is 0.104. The van der Waals surface area contributed by atoms with Crippen molar-refractivity contribution in [2.45, 2.75) is 0 Å². The zero-order chi connectivity index (χ0) is 53.6. The topological polar surface area (TPSA) is 421 Å². The molecule has 0 amide bonds. The Kier molecular flexibility index (Phi) is 14.7. The number of carboxylic acid groups (broad SMARTS) is 8. The summed E-state index contributed by atoms with van der Waals surface area (Å²) in [5, 5.41) is 88.6. The van der Waals surface area contributed by atoms with Crippen LogP contribution in [0.15, 0.2) is 109 Å². The normalized spacial score (nSPS) is 10.5. The first-order valence-corrected chi connectivity index (χ1v) is 20.0. The number of hydrogen-bond donors (Lipinski definition) is 11. The van der Waals surface area contributed by atoms with Gasteiger partial charge in [-0.1, -0.05) is 54.6 Å². The van der Waals surface area contributed by atoms with Gasteiger partial charge in [0, 0.05) is 17.1 Å². The van der Waals surface area contributed by atoms with Gasteiger partial charge >= 0.3 is 71.6 Å². The lowest BCUT2D eigenvalue weighted by molar-refractivity contribution is 0.0354. The van der Waals surface area contributed by atoms with Crippen molar-refractivity contribution >= 4 is 106 Å². The minimum atomic E-state index is -2.22. The van der Waals surface area contributed by atoms with E-state index < -0.39 is 155 Å². The van der Waals surface area contributed by atoms with Crippen molar-refractivity contribution in [1.82, 2.24) is 0 Å². The maximum atomic E-state index is 14.6. The number of carboxylic acids is 8. The number of rotatable bonds is 18. The molecule has 0 aliphatic carbocycles. The number of aromatic carboxylic acids is 8. The summed E-state index contributed by atoms with van der Waals surface area (Å²) in [6.45, 7) is 0. The first-order valence-electron chi connectivity index (χ1n) is 20.0. The number of carbonyl (C=O) groups excluding carboxylic acids is 4. The highest BCUT2D eigenvalue weighted by atomic mass is 16.6. The summed E-state index contributed by atoms with van der Waals surface area (Å²) in [4.78, 5) is 159. The highest BCUT2D eigenvalue weighted by Gasteiger charge is 2.39. The summed E-state index contributed by atoms with van der Waals surface area (Å²) in [5.41, 5.74) is -19.9. The highest BCUT2D eigenvalue weighted by Crippen LogP contribution is 2.38. The summed E-state index contributed by atoms with van der Waals surface area (Å²) in [7, 11) is 0. The molecule has 25 nitrogen and oxygen atoms in total. The molecule has 0 fully saturated rings. The van der Waals surface area contributed by atoms with Crippen LogP contribution in [0, 0.1) is 0 Å². The second-order valence-corrected chi connectivity index (χ2v) is 14.6. The molecule has 0 radical (unpaired) electrons. The van der Waals surface area contributed by atoms with E-state index in [4.69, 9.17) is 9.47 Å². The lowest BCUT2D eigenvalue weighted by Gasteiger charge is -2.21. The second kappa shape index (κ2) is 21.0. The van der Waals surface area contributed by atoms with Crippen LogP contribution >= 0.6 is 0 Å². The smallest absolute Gasteiger partial charge is 0.349 e. The van der Waals surface area contributed by atoms with E-state index >= 15 is 0 Å². The number of esters is 4. The number of carbonyl (C=O) groups is 12. The molecule has 11 N–H and O–H groups in total. The molecule has 0 bridgehead atoms. The Labute approximate surface area is 404 Å². The average molecular weight is 1000 g/mol. The fourth-order valence-corrected chi connectivity index (χ4v) is 7.10. The number of anilines is 6. The molecule has 0 heterocycles. The van der Waals surface area contributed by atoms with Crippen LogP contribution in [0.5, 0.6) is 0 Å². The molecule has 25 heteroatoms. The average Bonchev–Trinajstić information content (AvgIpc) is 3.33. The van der Waals surface area contributed by atoms with Crippen LogP contribution in [0.3, 0.4) is 0 Å². The zero-order valence-electron chi connectivity index (χ0n) is 36.2.